The van der Waals surface area contributed by atoms with E-state index in [4.69, 9.17) is 11.6 Å². The Morgan fingerprint density at radius 1 is 1.35 bits per heavy atom. The van der Waals surface area contributed by atoms with Gasteiger partial charge in [0.25, 0.3) is 5.56 Å². The molecule has 2 N–H and O–H groups in total. The lowest BCUT2D eigenvalue weighted by Gasteiger charge is -2.10. The number of nitrogens with zero attached hydrogens (tertiary/aromatic N) is 3. The van der Waals surface area contributed by atoms with E-state index < -0.39 is 11.2 Å². The van der Waals surface area contributed by atoms with Gasteiger partial charge in [0.1, 0.15) is 0 Å². The van der Waals surface area contributed by atoms with Gasteiger partial charge in [-0.05, 0) is 28.1 Å². The highest BCUT2D eigenvalue weighted by molar-refractivity contribution is 9.10. The standard InChI is InChI=1S/C14H13BrClN5O2/c1-20-11-10(12(22)19-14(20)23)21(13(15)18-11)7-6-17-9-5-3-2-4-8(9)16/h2-5,17H,6-7H2,1H3,(H,19,22,23). The number of fused-ring (bicyclic) bond motifs is 1. The molecule has 0 amide bonds. The molecule has 0 saturated heterocycles. The predicted molar refractivity (Wildman–Crippen MR) is 93.2 cm³/mol. The van der Waals surface area contributed by atoms with Crippen molar-refractivity contribution in [2.75, 3.05) is 11.9 Å². The maximum Gasteiger partial charge on any atom is 0.329 e. The summed E-state index contributed by atoms with van der Waals surface area (Å²) in [5, 5.41) is 3.83. The van der Waals surface area contributed by atoms with E-state index in [2.05, 4.69) is 31.2 Å². The number of benzene rings is 1. The molecular weight excluding hydrogens is 386 g/mol. The molecule has 0 aliphatic carbocycles. The summed E-state index contributed by atoms with van der Waals surface area (Å²) in [6.45, 7) is 1.01. The summed E-state index contributed by atoms with van der Waals surface area (Å²) in [6, 6.07) is 7.41. The average molecular weight is 399 g/mol. The molecule has 9 heteroatoms. The molecule has 1 aromatic carbocycles. The zero-order chi connectivity index (χ0) is 16.6. The molecule has 2 aromatic heterocycles. The first-order valence-electron chi connectivity index (χ1n) is 6.82. The van der Waals surface area contributed by atoms with Crippen molar-refractivity contribution in [3.05, 3.63) is 54.9 Å². The number of rotatable bonds is 4. The number of aryl methyl sites for hydroxylation is 1. The minimum Gasteiger partial charge on any atom is -0.382 e. The van der Waals surface area contributed by atoms with Crippen molar-refractivity contribution in [1.29, 1.82) is 0 Å². The van der Waals surface area contributed by atoms with Crippen LogP contribution in [-0.4, -0.2) is 25.6 Å². The molecule has 7 nitrogen and oxygen atoms in total. The Morgan fingerprint density at radius 2 is 2.09 bits per heavy atom. The zero-order valence-corrected chi connectivity index (χ0v) is 14.5. The molecule has 2 heterocycles. The fourth-order valence-corrected chi connectivity index (χ4v) is 3.04. The number of anilines is 1. The zero-order valence-electron chi connectivity index (χ0n) is 12.1. The lowest BCUT2D eigenvalue weighted by atomic mass is 10.3. The molecule has 0 saturated carbocycles. The Morgan fingerprint density at radius 3 is 2.83 bits per heavy atom. The Labute approximate surface area is 144 Å². The van der Waals surface area contributed by atoms with Gasteiger partial charge in [0.15, 0.2) is 15.9 Å². The maximum absolute atomic E-state index is 12.1. The summed E-state index contributed by atoms with van der Waals surface area (Å²) in [4.78, 5) is 30.2. The number of hydrogen-bond acceptors (Lipinski definition) is 4. The molecule has 0 unspecified atom stereocenters. The number of halogens is 2. The SMILES string of the molecule is Cn1c(=O)[nH]c(=O)c2c1nc(Br)n2CCNc1ccccc1Cl. The summed E-state index contributed by atoms with van der Waals surface area (Å²) in [5.41, 5.74) is 0.548. The van der Waals surface area contributed by atoms with Crippen LogP contribution in [0.4, 0.5) is 5.69 Å². The predicted octanol–water partition coefficient (Wildman–Crippen LogP) is 1.95. The first-order valence-corrected chi connectivity index (χ1v) is 7.99. The fraction of sp³-hybridized carbons (Fsp3) is 0.214. The van der Waals surface area contributed by atoms with Crippen molar-refractivity contribution in [3.63, 3.8) is 0 Å². The second-order valence-corrected chi connectivity index (χ2v) is 6.05. The molecule has 0 aliphatic heterocycles. The van der Waals surface area contributed by atoms with Gasteiger partial charge in [-0.2, -0.15) is 0 Å². The molecule has 23 heavy (non-hydrogen) atoms. The third-order valence-electron chi connectivity index (χ3n) is 3.49. The molecule has 0 radical (unpaired) electrons. The van der Waals surface area contributed by atoms with Gasteiger partial charge in [-0.25, -0.2) is 9.78 Å². The first-order chi connectivity index (χ1) is 11.0. The molecule has 0 atom stereocenters. The van der Waals surface area contributed by atoms with Crippen LogP contribution in [0.25, 0.3) is 11.2 Å². The molecule has 0 fully saturated rings. The van der Waals surface area contributed by atoms with Crippen LogP contribution in [0.2, 0.25) is 5.02 Å². The highest BCUT2D eigenvalue weighted by Gasteiger charge is 2.15. The smallest absolute Gasteiger partial charge is 0.329 e. The van der Waals surface area contributed by atoms with E-state index in [0.29, 0.717) is 34.0 Å². The van der Waals surface area contributed by atoms with E-state index in [1.54, 1.807) is 17.7 Å². The quantitative estimate of drug-likeness (QED) is 0.658. The highest BCUT2D eigenvalue weighted by Crippen LogP contribution is 2.20. The van der Waals surface area contributed by atoms with Crippen LogP contribution in [0.15, 0.2) is 38.6 Å². The summed E-state index contributed by atoms with van der Waals surface area (Å²) >= 11 is 9.42. The van der Waals surface area contributed by atoms with Gasteiger partial charge < -0.3 is 9.88 Å². The van der Waals surface area contributed by atoms with Crippen molar-refractivity contribution in [2.45, 2.75) is 6.54 Å². The van der Waals surface area contributed by atoms with Crippen molar-refractivity contribution >= 4 is 44.4 Å². The summed E-state index contributed by atoms with van der Waals surface area (Å²) in [5.74, 6) is 0. The van der Waals surface area contributed by atoms with E-state index in [1.807, 2.05) is 18.2 Å². The first kappa shape index (κ1) is 15.8. The monoisotopic (exact) mass is 397 g/mol. The molecule has 0 spiro atoms. The van der Waals surface area contributed by atoms with Crippen LogP contribution in [-0.2, 0) is 13.6 Å². The van der Waals surface area contributed by atoms with Crippen LogP contribution in [0.5, 0.6) is 0 Å². The number of aromatic nitrogens is 4. The Bertz CT molecular complexity index is 991. The number of imidazole rings is 1. The number of H-pyrrole nitrogens is 1. The lowest BCUT2D eigenvalue weighted by molar-refractivity contribution is 0.726. The van der Waals surface area contributed by atoms with Crippen molar-refractivity contribution in [2.24, 2.45) is 7.05 Å². The van der Waals surface area contributed by atoms with Gasteiger partial charge in [-0.1, -0.05) is 23.7 Å². The number of aromatic amines is 1. The van der Waals surface area contributed by atoms with Crippen LogP contribution in [0.3, 0.4) is 0 Å². The van der Waals surface area contributed by atoms with Gasteiger partial charge in [-0.15, -0.1) is 0 Å². The maximum atomic E-state index is 12.1. The highest BCUT2D eigenvalue weighted by atomic mass is 79.9. The van der Waals surface area contributed by atoms with Crippen LogP contribution < -0.4 is 16.6 Å². The summed E-state index contributed by atoms with van der Waals surface area (Å²) in [6.07, 6.45) is 0. The number of nitrogens with one attached hydrogen (secondary N) is 2. The molecule has 3 aromatic rings. The Hall–Kier alpha value is -2.06. The molecule has 3 rings (SSSR count). The van der Waals surface area contributed by atoms with Crippen molar-refractivity contribution in [3.8, 4) is 0 Å². The molecular formula is C14H13BrClN5O2. The van der Waals surface area contributed by atoms with Gasteiger partial charge in [0.05, 0.1) is 10.7 Å². The van der Waals surface area contributed by atoms with Crippen LogP contribution in [0, 0.1) is 0 Å². The van der Waals surface area contributed by atoms with Crippen LogP contribution >= 0.6 is 27.5 Å². The second kappa shape index (κ2) is 6.21. The number of hydrogen-bond donors (Lipinski definition) is 2. The minimum atomic E-state index is -0.492. The van der Waals surface area contributed by atoms with E-state index in [1.165, 1.54) is 4.57 Å². The summed E-state index contributed by atoms with van der Waals surface area (Å²) in [7, 11) is 1.56. The Balaban J connectivity index is 1.91. The van der Waals surface area contributed by atoms with Gasteiger partial charge in [-0.3, -0.25) is 14.3 Å². The molecule has 0 bridgehead atoms. The summed E-state index contributed by atoms with van der Waals surface area (Å²) < 4.78 is 3.50. The van der Waals surface area contributed by atoms with E-state index in [9.17, 15) is 9.59 Å². The van der Waals surface area contributed by atoms with E-state index in [-0.39, 0.29) is 0 Å². The minimum absolute atomic E-state index is 0.336. The van der Waals surface area contributed by atoms with Gasteiger partial charge in [0, 0.05) is 20.1 Å². The second-order valence-electron chi connectivity index (χ2n) is 4.93. The third kappa shape index (κ3) is 2.91. The molecule has 0 aliphatic rings. The van der Waals surface area contributed by atoms with Crippen molar-refractivity contribution < 1.29 is 0 Å². The van der Waals surface area contributed by atoms with Crippen molar-refractivity contribution in [1.82, 2.24) is 19.1 Å². The molecule has 120 valence electrons. The average Bonchev–Trinajstić information content (AvgIpc) is 2.84. The van der Waals surface area contributed by atoms with Crippen LogP contribution in [0.1, 0.15) is 0 Å². The topological polar surface area (TPSA) is 84.7 Å². The van der Waals surface area contributed by atoms with Gasteiger partial charge in [0.2, 0.25) is 0 Å². The largest absolute Gasteiger partial charge is 0.382 e. The lowest BCUT2D eigenvalue weighted by Crippen LogP contribution is -2.29. The van der Waals surface area contributed by atoms with E-state index >= 15 is 0 Å². The fourth-order valence-electron chi connectivity index (χ4n) is 2.32. The number of para-hydroxylation sites is 1. The van der Waals surface area contributed by atoms with Gasteiger partial charge >= 0.3 is 5.69 Å². The third-order valence-corrected chi connectivity index (χ3v) is 4.42. The Kier molecular flexibility index (Phi) is 4.27. The van der Waals surface area contributed by atoms with E-state index in [0.717, 1.165) is 5.69 Å². The normalized spacial score (nSPS) is 11.1.